The molecule has 5 heteroatoms. The van der Waals surface area contributed by atoms with Gasteiger partial charge in [0.1, 0.15) is 24.4 Å². The lowest BCUT2D eigenvalue weighted by Crippen LogP contribution is -2.27. The van der Waals surface area contributed by atoms with E-state index in [-0.39, 0.29) is 11.7 Å². The van der Waals surface area contributed by atoms with Crippen LogP contribution in [0.3, 0.4) is 0 Å². The van der Waals surface area contributed by atoms with Gasteiger partial charge in [-0.05, 0) is 78.2 Å². The Bertz CT molecular complexity index is 1220. The largest absolute Gasteiger partial charge is 0.497 e. The maximum atomic E-state index is 13.9. The summed E-state index contributed by atoms with van der Waals surface area (Å²) in [4.78, 5) is 28.2. The number of benzene rings is 3. The molecule has 0 aromatic heterocycles. The number of ketones is 1. The monoisotopic (exact) mass is 483 g/mol. The number of carbonyl (C=O) groups excluding carboxylic acids is 2. The minimum absolute atomic E-state index is 0.0627. The van der Waals surface area contributed by atoms with Crippen molar-refractivity contribution >= 4 is 23.2 Å². The molecule has 4 rings (SSSR count). The second kappa shape index (κ2) is 11.8. The number of hydrogen-bond acceptors (Lipinski definition) is 5. The predicted molar refractivity (Wildman–Crippen MR) is 144 cm³/mol. The van der Waals surface area contributed by atoms with Crippen LogP contribution in [0.25, 0.3) is 11.1 Å². The Kier molecular flexibility index (Phi) is 8.34. The molecule has 0 amide bonds. The fourth-order valence-corrected chi connectivity index (χ4v) is 4.76. The quantitative estimate of drug-likeness (QED) is 0.251. The summed E-state index contributed by atoms with van der Waals surface area (Å²) < 4.78 is 11.2. The van der Waals surface area contributed by atoms with Crippen LogP contribution < -0.4 is 9.47 Å². The van der Waals surface area contributed by atoms with E-state index in [4.69, 9.17) is 9.47 Å². The normalized spacial score (nSPS) is 14.9. The van der Waals surface area contributed by atoms with Crippen LogP contribution in [0.15, 0.2) is 72.8 Å². The number of ether oxygens (including phenoxy) is 2. The number of rotatable bonds is 11. The molecular formula is C31H33NO4. The van der Waals surface area contributed by atoms with Crippen molar-refractivity contribution in [1.82, 2.24) is 4.90 Å². The highest BCUT2D eigenvalue weighted by atomic mass is 16.5. The Labute approximate surface area is 213 Å². The van der Waals surface area contributed by atoms with Gasteiger partial charge in [-0.1, -0.05) is 50.2 Å². The minimum Gasteiger partial charge on any atom is -0.497 e. The van der Waals surface area contributed by atoms with Gasteiger partial charge in [-0.3, -0.25) is 4.79 Å². The first-order valence-corrected chi connectivity index (χ1v) is 12.5. The molecule has 186 valence electrons. The van der Waals surface area contributed by atoms with Crippen LogP contribution in [0.2, 0.25) is 0 Å². The number of allylic oxidation sites excluding steroid dienone is 2. The van der Waals surface area contributed by atoms with E-state index < -0.39 is 0 Å². The molecule has 5 nitrogen and oxygen atoms in total. The highest BCUT2D eigenvalue weighted by Crippen LogP contribution is 2.43. The molecule has 0 heterocycles. The maximum Gasteiger partial charge on any atom is 0.193 e. The standard InChI is InChI=1S/C31H33NO4/c1-4-32(5-2)18-19-36-26-16-12-23(13-17-26)31(34)30-28-9-7-6-8-27(28)24(21-33)20-29(30)22-10-14-25(35-3)15-11-22/h6-17,21,24H,4-5,18-20H2,1-3H3. The second-order valence-corrected chi connectivity index (χ2v) is 8.84. The molecule has 0 saturated heterocycles. The summed E-state index contributed by atoms with van der Waals surface area (Å²) in [5, 5.41) is 0. The zero-order chi connectivity index (χ0) is 25.5. The average Bonchev–Trinajstić information content (AvgIpc) is 2.94. The zero-order valence-electron chi connectivity index (χ0n) is 21.2. The fourth-order valence-electron chi connectivity index (χ4n) is 4.76. The number of nitrogens with zero attached hydrogens (tertiary/aromatic N) is 1. The molecular weight excluding hydrogens is 450 g/mol. The van der Waals surface area contributed by atoms with Gasteiger partial charge in [0.05, 0.1) is 7.11 Å². The van der Waals surface area contributed by atoms with Crippen LogP contribution >= 0.6 is 0 Å². The average molecular weight is 484 g/mol. The van der Waals surface area contributed by atoms with Gasteiger partial charge in [0.15, 0.2) is 5.78 Å². The van der Waals surface area contributed by atoms with Crippen LogP contribution in [0, 0.1) is 0 Å². The SMILES string of the molecule is CCN(CC)CCOc1ccc(C(=O)C2=C(c3ccc(OC)cc3)CC(C=O)c3ccccc32)cc1. The lowest BCUT2D eigenvalue weighted by molar-refractivity contribution is -0.109. The van der Waals surface area contributed by atoms with E-state index in [9.17, 15) is 9.59 Å². The fraction of sp³-hybridized carbons (Fsp3) is 0.290. The van der Waals surface area contributed by atoms with Crippen molar-refractivity contribution in [2.45, 2.75) is 26.2 Å². The van der Waals surface area contributed by atoms with E-state index in [1.807, 2.05) is 72.8 Å². The highest BCUT2D eigenvalue weighted by Gasteiger charge is 2.31. The van der Waals surface area contributed by atoms with Crippen molar-refractivity contribution in [1.29, 1.82) is 0 Å². The van der Waals surface area contributed by atoms with E-state index >= 15 is 0 Å². The molecule has 0 bridgehead atoms. The van der Waals surface area contributed by atoms with E-state index in [2.05, 4.69) is 18.7 Å². The van der Waals surface area contributed by atoms with Crippen molar-refractivity contribution in [2.24, 2.45) is 0 Å². The first-order chi connectivity index (χ1) is 17.6. The molecule has 0 saturated carbocycles. The Morgan fingerprint density at radius 3 is 2.25 bits per heavy atom. The predicted octanol–water partition coefficient (Wildman–Crippen LogP) is 5.90. The molecule has 0 aliphatic heterocycles. The Balaban J connectivity index is 1.68. The molecule has 1 aliphatic carbocycles. The second-order valence-electron chi connectivity index (χ2n) is 8.84. The van der Waals surface area contributed by atoms with Gasteiger partial charge in [-0.2, -0.15) is 0 Å². The Morgan fingerprint density at radius 2 is 1.61 bits per heavy atom. The summed E-state index contributed by atoms with van der Waals surface area (Å²) in [5.74, 6) is 1.13. The molecule has 0 spiro atoms. The molecule has 1 unspecified atom stereocenters. The van der Waals surface area contributed by atoms with Gasteiger partial charge >= 0.3 is 0 Å². The molecule has 0 radical (unpaired) electrons. The van der Waals surface area contributed by atoms with Gasteiger partial charge in [-0.15, -0.1) is 0 Å². The third-order valence-electron chi connectivity index (χ3n) is 6.87. The van der Waals surface area contributed by atoms with Crippen molar-refractivity contribution in [3.05, 3.63) is 95.1 Å². The number of hydrogen-bond donors (Lipinski definition) is 0. The number of carbonyl (C=O) groups is 2. The summed E-state index contributed by atoms with van der Waals surface area (Å²) in [6.45, 7) is 7.72. The smallest absolute Gasteiger partial charge is 0.193 e. The number of fused-ring (bicyclic) bond motifs is 1. The van der Waals surface area contributed by atoms with E-state index in [1.54, 1.807) is 7.11 Å². The molecule has 36 heavy (non-hydrogen) atoms. The minimum atomic E-state index is -0.295. The topological polar surface area (TPSA) is 55.8 Å². The number of methoxy groups -OCH3 is 1. The van der Waals surface area contributed by atoms with Crippen molar-refractivity contribution in [2.75, 3.05) is 33.4 Å². The zero-order valence-corrected chi connectivity index (χ0v) is 21.2. The van der Waals surface area contributed by atoms with Crippen molar-refractivity contribution in [3.63, 3.8) is 0 Å². The number of Topliss-reactive ketones (excluding diaryl/α,β-unsaturated/α-hetero) is 1. The highest BCUT2D eigenvalue weighted by molar-refractivity contribution is 6.35. The lowest BCUT2D eigenvalue weighted by Gasteiger charge is -2.27. The van der Waals surface area contributed by atoms with Crippen molar-refractivity contribution < 1.29 is 19.1 Å². The summed E-state index contributed by atoms with van der Waals surface area (Å²) in [6.07, 6.45) is 1.45. The first-order valence-electron chi connectivity index (χ1n) is 12.5. The van der Waals surface area contributed by atoms with Gasteiger partial charge in [0, 0.05) is 23.6 Å². The molecule has 0 fully saturated rings. The maximum absolute atomic E-state index is 13.9. The van der Waals surface area contributed by atoms with E-state index in [1.165, 1.54) is 0 Å². The third kappa shape index (κ3) is 5.42. The summed E-state index contributed by atoms with van der Waals surface area (Å²) in [5.41, 5.74) is 4.73. The Hall–Kier alpha value is -3.70. The van der Waals surface area contributed by atoms with Gasteiger partial charge < -0.3 is 19.2 Å². The van der Waals surface area contributed by atoms with Crippen LogP contribution in [0.5, 0.6) is 11.5 Å². The van der Waals surface area contributed by atoms with Gasteiger partial charge in [0.25, 0.3) is 0 Å². The molecule has 3 aromatic carbocycles. The summed E-state index contributed by atoms with van der Waals surface area (Å²) in [7, 11) is 1.62. The van der Waals surface area contributed by atoms with Crippen LogP contribution in [0.1, 0.15) is 53.2 Å². The number of aldehydes is 1. The van der Waals surface area contributed by atoms with Gasteiger partial charge in [-0.25, -0.2) is 0 Å². The van der Waals surface area contributed by atoms with Crippen molar-refractivity contribution in [3.8, 4) is 11.5 Å². The van der Waals surface area contributed by atoms with Crippen LogP contribution in [0.4, 0.5) is 0 Å². The first kappa shape index (κ1) is 25.4. The third-order valence-corrected chi connectivity index (χ3v) is 6.87. The summed E-state index contributed by atoms with van der Waals surface area (Å²) in [6, 6.07) is 22.7. The Morgan fingerprint density at radius 1 is 0.944 bits per heavy atom. The summed E-state index contributed by atoms with van der Waals surface area (Å²) >= 11 is 0. The van der Waals surface area contributed by atoms with E-state index in [0.29, 0.717) is 24.2 Å². The van der Waals surface area contributed by atoms with Gasteiger partial charge in [0.2, 0.25) is 0 Å². The lowest BCUT2D eigenvalue weighted by atomic mass is 9.75. The molecule has 3 aromatic rings. The molecule has 1 atom stereocenters. The molecule has 1 aliphatic rings. The molecule has 0 N–H and O–H groups in total. The number of likely N-dealkylation sites (N-methyl/N-ethyl adjacent to an activating group) is 1. The van der Waals surface area contributed by atoms with Crippen LogP contribution in [-0.4, -0.2) is 50.3 Å². The van der Waals surface area contributed by atoms with Crippen LogP contribution in [-0.2, 0) is 4.79 Å². The van der Waals surface area contributed by atoms with E-state index in [0.717, 1.165) is 59.7 Å².